The number of halogens is 1. The van der Waals surface area contributed by atoms with E-state index in [1.165, 1.54) is 6.07 Å². The zero-order valence-corrected chi connectivity index (χ0v) is 12.1. The Morgan fingerprint density at radius 1 is 1.45 bits per heavy atom. The van der Waals surface area contributed by atoms with Crippen molar-refractivity contribution in [1.82, 2.24) is 0 Å². The normalized spacial score (nSPS) is 19.6. The van der Waals surface area contributed by atoms with Crippen LogP contribution in [0.4, 0.5) is 10.1 Å². The topological polar surface area (TPSA) is 58.7 Å². The molecule has 4 nitrogen and oxygen atoms in total. The summed E-state index contributed by atoms with van der Waals surface area (Å²) >= 11 is 0. The number of para-hydroxylation sites is 1. The average molecular weight is 282 g/mol. The Morgan fingerprint density at radius 2 is 2.10 bits per heavy atom. The molecule has 0 amide bonds. The van der Waals surface area contributed by atoms with Crippen molar-refractivity contribution in [3.8, 4) is 0 Å². The van der Waals surface area contributed by atoms with E-state index in [-0.39, 0.29) is 11.9 Å². The zero-order chi connectivity index (χ0) is 14.8. The van der Waals surface area contributed by atoms with Gasteiger partial charge in [0, 0.05) is 45.7 Å². The maximum atomic E-state index is 14.1. The number of rotatable bonds is 4. The van der Waals surface area contributed by atoms with Crippen LogP contribution in [-0.2, 0) is 4.74 Å². The number of hydrogen-bond acceptors (Lipinski definition) is 4. The minimum Gasteiger partial charge on any atom is -0.388 e. The molecule has 5 heteroatoms. The van der Waals surface area contributed by atoms with Crippen LogP contribution >= 0.6 is 0 Å². The zero-order valence-electron chi connectivity index (χ0n) is 12.1. The van der Waals surface area contributed by atoms with Gasteiger partial charge in [-0.05, 0) is 18.6 Å². The van der Waals surface area contributed by atoms with Crippen molar-refractivity contribution in [3.63, 3.8) is 0 Å². The number of anilines is 1. The van der Waals surface area contributed by atoms with Gasteiger partial charge in [0.15, 0.2) is 0 Å². The number of nitrogens with two attached hydrogens (primary N) is 1. The molecule has 0 aromatic heterocycles. The number of benzene rings is 1. The third kappa shape index (κ3) is 3.29. The monoisotopic (exact) mass is 282 g/mol. The van der Waals surface area contributed by atoms with Gasteiger partial charge in [-0.2, -0.15) is 0 Å². The summed E-state index contributed by atoms with van der Waals surface area (Å²) in [5.74, 6) is -0.307. The van der Waals surface area contributed by atoms with Gasteiger partial charge >= 0.3 is 0 Å². The fourth-order valence-corrected chi connectivity index (χ4v) is 2.73. The second kappa shape index (κ2) is 6.08. The van der Waals surface area contributed by atoms with E-state index in [4.69, 9.17) is 10.5 Å². The standard InChI is InChI=1S/C15H23FN2O2/c1-11(17)12-4-3-5-13(16)14(12)18(2)10-15(19)6-8-20-9-7-15/h3-5,11,19H,6-10,17H2,1-2H3/t11-/m1/s1. The van der Waals surface area contributed by atoms with Crippen molar-refractivity contribution in [2.45, 2.75) is 31.4 Å². The number of aliphatic hydroxyl groups is 1. The molecule has 1 aliphatic rings. The maximum absolute atomic E-state index is 14.1. The van der Waals surface area contributed by atoms with Crippen molar-refractivity contribution in [2.24, 2.45) is 5.73 Å². The molecular formula is C15H23FN2O2. The minimum atomic E-state index is -0.829. The third-order valence-electron chi connectivity index (χ3n) is 3.85. The largest absolute Gasteiger partial charge is 0.388 e. The molecule has 1 aromatic rings. The van der Waals surface area contributed by atoms with Crippen molar-refractivity contribution in [3.05, 3.63) is 29.6 Å². The van der Waals surface area contributed by atoms with Gasteiger partial charge in [0.05, 0.1) is 11.3 Å². The van der Waals surface area contributed by atoms with Gasteiger partial charge in [-0.3, -0.25) is 0 Å². The van der Waals surface area contributed by atoms with Crippen molar-refractivity contribution >= 4 is 5.69 Å². The summed E-state index contributed by atoms with van der Waals surface area (Å²) in [5.41, 5.74) is 6.31. The maximum Gasteiger partial charge on any atom is 0.146 e. The molecular weight excluding hydrogens is 259 g/mol. The van der Waals surface area contributed by atoms with Gasteiger partial charge < -0.3 is 20.5 Å². The Kier molecular flexibility index (Phi) is 4.62. The first-order valence-corrected chi connectivity index (χ1v) is 6.98. The van der Waals surface area contributed by atoms with Crippen LogP contribution in [0.15, 0.2) is 18.2 Å². The van der Waals surface area contributed by atoms with Crippen LogP contribution in [0.3, 0.4) is 0 Å². The Balaban J connectivity index is 2.22. The fraction of sp³-hybridized carbons (Fsp3) is 0.600. The molecule has 0 spiro atoms. The van der Waals surface area contributed by atoms with Crippen molar-refractivity contribution < 1.29 is 14.2 Å². The highest BCUT2D eigenvalue weighted by atomic mass is 19.1. The first-order valence-electron chi connectivity index (χ1n) is 6.98. The predicted molar refractivity (Wildman–Crippen MR) is 77.3 cm³/mol. The average Bonchev–Trinajstić information content (AvgIpc) is 2.38. The van der Waals surface area contributed by atoms with Gasteiger partial charge in [-0.15, -0.1) is 0 Å². The smallest absolute Gasteiger partial charge is 0.146 e. The third-order valence-corrected chi connectivity index (χ3v) is 3.85. The lowest BCUT2D eigenvalue weighted by atomic mass is 9.93. The summed E-state index contributed by atoms with van der Waals surface area (Å²) in [7, 11) is 1.79. The molecule has 3 N–H and O–H groups in total. The van der Waals surface area contributed by atoms with Crippen LogP contribution < -0.4 is 10.6 Å². The van der Waals surface area contributed by atoms with Crippen LogP contribution in [0.25, 0.3) is 0 Å². The summed E-state index contributed by atoms with van der Waals surface area (Å²) in [6.07, 6.45) is 1.14. The molecule has 1 saturated heterocycles. The minimum absolute atomic E-state index is 0.257. The Bertz CT molecular complexity index is 459. The lowest BCUT2D eigenvalue weighted by Gasteiger charge is -2.37. The lowest BCUT2D eigenvalue weighted by molar-refractivity contribution is -0.0573. The van der Waals surface area contributed by atoms with E-state index < -0.39 is 5.60 Å². The van der Waals surface area contributed by atoms with Crippen LogP contribution in [0.2, 0.25) is 0 Å². The van der Waals surface area contributed by atoms with E-state index in [1.54, 1.807) is 18.0 Å². The van der Waals surface area contributed by atoms with E-state index in [0.717, 1.165) is 5.56 Å². The predicted octanol–water partition coefficient (Wildman–Crippen LogP) is 1.82. The summed E-state index contributed by atoms with van der Waals surface area (Å²) in [6, 6.07) is 4.65. The molecule has 1 aliphatic heterocycles. The van der Waals surface area contributed by atoms with Gasteiger partial charge in [0.2, 0.25) is 0 Å². The molecule has 1 fully saturated rings. The highest BCUT2D eigenvalue weighted by Crippen LogP contribution is 2.30. The molecule has 2 rings (SSSR count). The van der Waals surface area contributed by atoms with Gasteiger partial charge in [-0.25, -0.2) is 4.39 Å². The summed E-state index contributed by atoms with van der Waals surface area (Å²) in [6.45, 7) is 3.29. The van der Waals surface area contributed by atoms with Crippen molar-refractivity contribution in [2.75, 3.05) is 31.7 Å². The molecule has 20 heavy (non-hydrogen) atoms. The van der Waals surface area contributed by atoms with Crippen LogP contribution in [0.5, 0.6) is 0 Å². The molecule has 0 bridgehead atoms. The molecule has 0 aliphatic carbocycles. The van der Waals surface area contributed by atoms with E-state index in [9.17, 15) is 9.50 Å². The summed E-state index contributed by atoms with van der Waals surface area (Å²) in [5, 5.41) is 10.5. The number of nitrogens with zero attached hydrogens (tertiary/aromatic N) is 1. The van der Waals surface area contributed by atoms with Crippen LogP contribution in [0, 0.1) is 5.82 Å². The van der Waals surface area contributed by atoms with Crippen LogP contribution in [0.1, 0.15) is 31.4 Å². The summed E-state index contributed by atoms with van der Waals surface area (Å²) < 4.78 is 19.4. The SMILES string of the molecule is C[C@@H](N)c1cccc(F)c1N(C)CC1(O)CCOCC1. The quantitative estimate of drug-likeness (QED) is 0.884. The molecule has 1 aromatic carbocycles. The molecule has 112 valence electrons. The highest BCUT2D eigenvalue weighted by molar-refractivity contribution is 5.55. The molecule has 1 atom stereocenters. The highest BCUT2D eigenvalue weighted by Gasteiger charge is 2.32. The van der Waals surface area contributed by atoms with Gasteiger partial charge in [0.25, 0.3) is 0 Å². The first-order chi connectivity index (χ1) is 9.43. The van der Waals surface area contributed by atoms with E-state index >= 15 is 0 Å². The number of likely N-dealkylation sites (N-methyl/N-ethyl adjacent to an activating group) is 1. The first kappa shape index (κ1) is 15.2. The second-order valence-corrected chi connectivity index (χ2v) is 5.66. The number of ether oxygens (including phenoxy) is 1. The van der Waals surface area contributed by atoms with E-state index in [1.807, 2.05) is 13.0 Å². The fourth-order valence-electron chi connectivity index (χ4n) is 2.73. The van der Waals surface area contributed by atoms with E-state index in [0.29, 0.717) is 38.3 Å². The second-order valence-electron chi connectivity index (χ2n) is 5.66. The van der Waals surface area contributed by atoms with Crippen LogP contribution in [-0.4, -0.2) is 37.5 Å². The van der Waals surface area contributed by atoms with Crippen molar-refractivity contribution in [1.29, 1.82) is 0 Å². The Morgan fingerprint density at radius 3 is 2.70 bits per heavy atom. The summed E-state index contributed by atoms with van der Waals surface area (Å²) in [4.78, 5) is 1.76. The molecule has 0 unspecified atom stereocenters. The van der Waals surface area contributed by atoms with Gasteiger partial charge in [-0.1, -0.05) is 12.1 Å². The Labute approximate surface area is 119 Å². The number of hydrogen-bond donors (Lipinski definition) is 2. The van der Waals surface area contributed by atoms with Gasteiger partial charge in [0.1, 0.15) is 5.82 Å². The Hall–Kier alpha value is -1.17. The lowest BCUT2D eigenvalue weighted by Crippen LogP contribution is -2.46. The molecule has 0 saturated carbocycles. The molecule has 1 heterocycles. The molecule has 0 radical (unpaired) electrons. The van der Waals surface area contributed by atoms with E-state index in [2.05, 4.69) is 0 Å².